The summed E-state index contributed by atoms with van der Waals surface area (Å²) < 4.78 is 8.37. The highest BCUT2D eigenvalue weighted by atomic mass is 79.9. The van der Waals surface area contributed by atoms with Gasteiger partial charge in [0.25, 0.3) is 0 Å². The first-order valence-electron chi connectivity index (χ1n) is 5.84. The van der Waals surface area contributed by atoms with Crippen molar-refractivity contribution in [3.8, 4) is 17.0 Å². The van der Waals surface area contributed by atoms with Gasteiger partial charge in [0, 0.05) is 29.2 Å². The Hall–Kier alpha value is -1.49. The number of nitrogens with one attached hydrogen (secondary N) is 1. The average Bonchev–Trinajstić information content (AvgIpc) is 2.94. The Morgan fingerprint density at radius 2 is 2.28 bits per heavy atom. The van der Waals surface area contributed by atoms with Gasteiger partial charge in [-0.3, -0.25) is 4.68 Å². The smallest absolute Gasteiger partial charge is 0.128 e. The standard InChI is InChI=1S/C13H14BrN3O/c1-17-13-9(5-6-15-13)12(16-17)10-7-8(14)3-4-11(10)18-2/h3-4,7,15H,5-6H2,1-2H3. The van der Waals surface area contributed by atoms with E-state index < -0.39 is 0 Å². The number of anilines is 1. The van der Waals surface area contributed by atoms with E-state index in [1.54, 1.807) is 7.11 Å². The van der Waals surface area contributed by atoms with E-state index >= 15 is 0 Å². The van der Waals surface area contributed by atoms with E-state index in [-0.39, 0.29) is 0 Å². The number of aryl methyl sites for hydroxylation is 1. The minimum atomic E-state index is 0.853. The lowest BCUT2D eigenvalue weighted by Gasteiger charge is -2.07. The van der Waals surface area contributed by atoms with Crippen LogP contribution in [0.5, 0.6) is 5.75 Å². The summed E-state index contributed by atoms with van der Waals surface area (Å²) in [6, 6.07) is 5.99. The van der Waals surface area contributed by atoms with Gasteiger partial charge in [-0.05, 0) is 24.6 Å². The average molecular weight is 308 g/mol. The van der Waals surface area contributed by atoms with Crippen LogP contribution in [0.2, 0.25) is 0 Å². The monoisotopic (exact) mass is 307 g/mol. The van der Waals surface area contributed by atoms with E-state index in [2.05, 4.69) is 32.4 Å². The summed E-state index contributed by atoms with van der Waals surface area (Å²) in [5.41, 5.74) is 3.32. The van der Waals surface area contributed by atoms with Crippen molar-refractivity contribution in [2.24, 2.45) is 7.05 Å². The topological polar surface area (TPSA) is 39.1 Å². The lowest BCUT2D eigenvalue weighted by atomic mass is 10.1. The van der Waals surface area contributed by atoms with Crippen LogP contribution in [-0.4, -0.2) is 23.4 Å². The molecular formula is C13H14BrN3O. The molecule has 1 aliphatic heterocycles. The van der Waals surface area contributed by atoms with Crippen molar-refractivity contribution < 1.29 is 4.74 Å². The molecule has 0 fully saturated rings. The van der Waals surface area contributed by atoms with E-state index in [4.69, 9.17) is 4.74 Å². The minimum Gasteiger partial charge on any atom is -0.496 e. The zero-order valence-corrected chi connectivity index (χ0v) is 11.9. The van der Waals surface area contributed by atoms with Gasteiger partial charge >= 0.3 is 0 Å². The van der Waals surface area contributed by atoms with E-state index in [0.717, 1.165) is 40.3 Å². The van der Waals surface area contributed by atoms with Gasteiger partial charge in [0.1, 0.15) is 17.3 Å². The molecule has 1 N–H and O–H groups in total. The van der Waals surface area contributed by atoms with Gasteiger partial charge < -0.3 is 10.1 Å². The third kappa shape index (κ3) is 1.70. The predicted molar refractivity (Wildman–Crippen MR) is 75.1 cm³/mol. The summed E-state index contributed by atoms with van der Waals surface area (Å²) in [6.45, 7) is 0.977. The SMILES string of the molecule is COc1ccc(Br)cc1-c1nn(C)c2c1CCN2. The number of nitrogens with zero attached hydrogens (tertiary/aromatic N) is 2. The van der Waals surface area contributed by atoms with Crippen molar-refractivity contribution in [2.75, 3.05) is 19.0 Å². The van der Waals surface area contributed by atoms with Crippen LogP contribution in [0.3, 0.4) is 0 Å². The first-order valence-corrected chi connectivity index (χ1v) is 6.63. The fourth-order valence-electron chi connectivity index (χ4n) is 2.41. The van der Waals surface area contributed by atoms with Gasteiger partial charge in [0.15, 0.2) is 0 Å². The quantitative estimate of drug-likeness (QED) is 0.927. The summed E-state index contributed by atoms with van der Waals surface area (Å²) in [7, 11) is 3.65. The van der Waals surface area contributed by atoms with Crippen molar-refractivity contribution in [1.82, 2.24) is 9.78 Å². The number of methoxy groups -OCH3 is 1. The number of benzene rings is 1. The molecule has 0 atom stereocenters. The number of rotatable bonds is 2. The third-order valence-electron chi connectivity index (χ3n) is 3.23. The summed E-state index contributed by atoms with van der Waals surface area (Å²) in [4.78, 5) is 0. The van der Waals surface area contributed by atoms with Gasteiger partial charge in [-0.15, -0.1) is 0 Å². The van der Waals surface area contributed by atoms with Gasteiger partial charge in [-0.1, -0.05) is 15.9 Å². The normalized spacial score (nSPS) is 13.3. The highest BCUT2D eigenvalue weighted by molar-refractivity contribution is 9.10. The van der Waals surface area contributed by atoms with E-state index in [9.17, 15) is 0 Å². The lowest BCUT2D eigenvalue weighted by molar-refractivity contribution is 0.416. The fraction of sp³-hybridized carbons (Fsp3) is 0.308. The van der Waals surface area contributed by atoms with Crippen LogP contribution < -0.4 is 10.1 Å². The lowest BCUT2D eigenvalue weighted by Crippen LogP contribution is -2.01. The molecule has 3 rings (SSSR count). The predicted octanol–water partition coefficient (Wildman–Crippen LogP) is 2.83. The van der Waals surface area contributed by atoms with Gasteiger partial charge in [0.05, 0.1) is 7.11 Å². The fourth-order valence-corrected chi connectivity index (χ4v) is 2.77. The molecular weight excluding hydrogens is 294 g/mol. The molecule has 0 saturated carbocycles. The number of halogens is 1. The molecule has 0 unspecified atom stereocenters. The third-order valence-corrected chi connectivity index (χ3v) is 3.72. The summed E-state index contributed by atoms with van der Waals surface area (Å²) in [5, 5.41) is 7.96. The molecule has 0 amide bonds. The molecule has 4 nitrogen and oxygen atoms in total. The molecule has 0 aliphatic carbocycles. The Bertz CT molecular complexity index is 607. The van der Waals surface area contributed by atoms with Crippen molar-refractivity contribution in [3.63, 3.8) is 0 Å². The number of hydrogen-bond acceptors (Lipinski definition) is 3. The van der Waals surface area contributed by atoms with Crippen LogP contribution in [0.1, 0.15) is 5.56 Å². The molecule has 18 heavy (non-hydrogen) atoms. The largest absolute Gasteiger partial charge is 0.496 e. The highest BCUT2D eigenvalue weighted by Gasteiger charge is 2.23. The van der Waals surface area contributed by atoms with Crippen molar-refractivity contribution in [3.05, 3.63) is 28.2 Å². The molecule has 2 aromatic rings. The van der Waals surface area contributed by atoms with Gasteiger partial charge in [-0.2, -0.15) is 5.10 Å². The maximum atomic E-state index is 5.43. The highest BCUT2D eigenvalue weighted by Crippen LogP contribution is 2.38. The summed E-state index contributed by atoms with van der Waals surface area (Å²) in [5.74, 6) is 1.97. The molecule has 0 saturated heterocycles. The van der Waals surface area contributed by atoms with E-state index in [1.807, 2.05) is 23.9 Å². The molecule has 0 spiro atoms. The Morgan fingerprint density at radius 1 is 1.44 bits per heavy atom. The second-order valence-corrected chi connectivity index (χ2v) is 5.24. The number of fused-ring (bicyclic) bond motifs is 1. The maximum Gasteiger partial charge on any atom is 0.128 e. The second-order valence-electron chi connectivity index (χ2n) is 4.32. The number of ether oxygens (including phenoxy) is 1. The first-order chi connectivity index (χ1) is 8.70. The number of hydrogen-bond donors (Lipinski definition) is 1. The first kappa shape index (κ1) is 11.6. The Balaban J connectivity index is 2.21. The molecule has 94 valence electrons. The van der Waals surface area contributed by atoms with Crippen LogP contribution in [-0.2, 0) is 13.5 Å². The van der Waals surface area contributed by atoms with Crippen LogP contribution in [0.25, 0.3) is 11.3 Å². The van der Waals surface area contributed by atoms with Crippen molar-refractivity contribution >= 4 is 21.7 Å². The zero-order chi connectivity index (χ0) is 12.7. The van der Waals surface area contributed by atoms with E-state index in [1.165, 1.54) is 5.56 Å². The number of aromatic nitrogens is 2. The van der Waals surface area contributed by atoms with Crippen LogP contribution in [0.15, 0.2) is 22.7 Å². The Morgan fingerprint density at radius 3 is 3.06 bits per heavy atom. The summed E-state index contributed by atoms with van der Waals surface area (Å²) >= 11 is 3.50. The van der Waals surface area contributed by atoms with Gasteiger partial charge in [0.2, 0.25) is 0 Å². The molecule has 0 radical (unpaired) electrons. The molecule has 1 aromatic heterocycles. The van der Waals surface area contributed by atoms with E-state index in [0.29, 0.717) is 0 Å². The van der Waals surface area contributed by atoms with Crippen LogP contribution in [0.4, 0.5) is 5.82 Å². The Kier molecular flexibility index (Phi) is 2.78. The van der Waals surface area contributed by atoms with Crippen LogP contribution in [0, 0.1) is 0 Å². The zero-order valence-electron chi connectivity index (χ0n) is 10.3. The van der Waals surface area contributed by atoms with Crippen LogP contribution >= 0.6 is 15.9 Å². The Labute approximate surface area is 114 Å². The molecule has 1 aromatic carbocycles. The molecule has 1 aliphatic rings. The second kappa shape index (κ2) is 4.31. The molecule has 2 heterocycles. The summed E-state index contributed by atoms with van der Waals surface area (Å²) in [6.07, 6.45) is 1.01. The molecule has 5 heteroatoms. The van der Waals surface area contributed by atoms with Crippen molar-refractivity contribution in [2.45, 2.75) is 6.42 Å². The minimum absolute atomic E-state index is 0.853. The maximum absolute atomic E-state index is 5.43. The van der Waals surface area contributed by atoms with Gasteiger partial charge in [-0.25, -0.2) is 0 Å². The van der Waals surface area contributed by atoms with Crippen molar-refractivity contribution in [1.29, 1.82) is 0 Å². The molecule has 0 bridgehead atoms.